The average Bonchev–Trinajstić information content (AvgIpc) is 2.77. The highest BCUT2D eigenvalue weighted by atomic mass is 16.5. The summed E-state index contributed by atoms with van der Waals surface area (Å²) in [7, 11) is 0. The first kappa shape index (κ1) is 13.4. The highest BCUT2D eigenvalue weighted by molar-refractivity contribution is 5.82. The smallest absolute Gasteiger partial charge is 0.264 e. The summed E-state index contributed by atoms with van der Waals surface area (Å²) < 4.78 is 5.81. The Balaban J connectivity index is 1.63. The molecule has 2 aliphatic rings. The lowest BCUT2D eigenvalue weighted by atomic mass is 10.1. The quantitative estimate of drug-likeness (QED) is 0.820. The molecule has 0 aliphatic carbocycles. The van der Waals surface area contributed by atoms with Gasteiger partial charge in [0.1, 0.15) is 5.75 Å². The van der Waals surface area contributed by atoms with Gasteiger partial charge in [-0.2, -0.15) is 0 Å². The number of fused-ring (bicyclic) bond motifs is 1. The Kier molecular flexibility index (Phi) is 3.92. The number of hydrogen-bond donors (Lipinski definition) is 0. The summed E-state index contributed by atoms with van der Waals surface area (Å²) in [5.74, 6) is 1.02. The van der Waals surface area contributed by atoms with E-state index in [-0.39, 0.29) is 12.0 Å². The van der Waals surface area contributed by atoms with Crippen molar-refractivity contribution in [1.82, 2.24) is 9.80 Å². The Morgan fingerprint density at radius 2 is 2.10 bits per heavy atom. The summed E-state index contributed by atoms with van der Waals surface area (Å²) in [6.07, 6.45) is 1.45. The Morgan fingerprint density at radius 1 is 1.25 bits per heavy atom. The zero-order valence-corrected chi connectivity index (χ0v) is 12.0. The number of benzene rings is 1. The maximum atomic E-state index is 12.6. The van der Waals surface area contributed by atoms with Gasteiger partial charge in [-0.3, -0.25) is 4.79 Å². The predicted molar refractivity (Wildman–Crippen MR) is 77.9 cm³/mol. The fourth-order valence-corrected chi connectivity index (χ4v) is 3.03. The summed E-state index contributed by atoms with van der Waals surface area (Å²) in [6, 6.07) is 7.95. The SMILES string of the molecule is CCN1CCCN(C(=O)C2Cc3ccccc3O2)CC1. The van der Waals surface area contributed by atoms with Crippen molar-refractivity contribution in [3.8, 4) is 5.75 Å². The van der Waals surface area contributed by atoms with Gasteiger partial charge in [0, 0.05) is 26.1 Å². The summed E-state index contributed by atoms with van der Waals surface area (Å²) in [6.45, 7) is 6.98. The molecular formula is C16H22N2O2. The van der Waals surface area contributed by atoms with Crippen LogP contribution in [0.2, 0.25) is 0 Å². The molecule has 20 heavy (non-hydrogen) atoms. The topological polar surface area (TPSA) is 32.8 Å². The number of nitrogens with zero attached hydrogens (tertiary/aromatic N) is 2. The number of rotatable bonds is 2. The molecule has 1 saturated heterocycles. The lowest BCUT2D eigenvalue weighted by molar-refractivity contribution is -0.137. The van der Waals surface area contributed by atoms with Gasteiger partial charge in [-0.1, -0.05) is 25.1 Å². The number of amides is 1. The number of para-hydroxylation sites is 1. The van der Waals surface area contributed by atoms with Crippen LogP contribution in [-0.2, 0) is 11.2 Å². The number of likely N-dealkylation sites (N-methyl/N-ethyl adjacent to an activating group) is 1. The molecule has 0 spiro atoms. The zero-order chi connectivity index (χ0) is 13.9. The second-order valence-electron chi connectivity index (χ2n) is 5.53. The Hall–Kier alpha value is -1.55. The third-order valence-corrected chi connectivity index (χ3v) is 4.27. The zero-order valence-electron chi connectivity index (χ0n) is 12.0. The summed E-state index contributed by atoms with van der Waals surface area (Å²) in [5.41, 5.74) is 1.15. The third-order valence-electron chi connectivity index (χ3n) is 4.27. The summed E-state index contributed by atoms with van der Waals surface area (Å²) >= 11 is 0. The van der Waals surface area contributed by atoms with Crippen molar-refractivity contribution >= 4 is 5.91 Å². The van der Waals surface area contributed by atoms with Crippen LogP contribution in [0.5, 0.6) is 5.75 Å². The lowest BCUT2D eigenvalue weighted by Gasteiger charge is -2.24. The maximum absolute atomic E-state index is 12.6. The van der Waals surface area contributed by atoms with Gasteiger partial charge < -0.3 is 14.5 Å². The van der Waals surface area contributed by atoms with Crippen molar-refractivity contribution < 1.29 is 9.53 Å². The molecule has 0 N–H and O–H groups in total. The number of ether oxygens (including phenoxy) is 1. The standard InChI is InChI=1S/C16H22N2O2/c1-2-17-8-5-9-18(11-10-17)16(19)15-12-13-6-3-4-7-14(13)20-15/h3-4,6-7,15H,2,5,8-12H2,1H3. The predicted octanol–water partition coefficient (Wildman–Crippen LogP) is 1.54. The molecule has 0 saturated carbocycles. The minimum absolute atomic E-state index is 0.152. The fraction of sp³-hybridized carbons (Fsp3) is 0.562. The van der Waals surface area contributed by atoms with Crippen LogP contribution in [0, 0.1) is 0 Å². The van der Waals surface area contributed by atoms with Crippen LogP contribution >= 0.6 is 0 Å². The van der Waals surface area contributed by atoms with E-state index in [1.807, 2.05) is 29.2 Å². The molecule has 0 aromatic heterocycles. The molecule has 2 aliphatic heterocycles. The van der Waals surface area contributed by atoms with Gasteiger partial charge in [-0.05, 0) is 31.1 Å². The van der Waals surface area contributed by atoms with E-state index in [2.05, 4.69) is 11.8 Å². The van der Waals surface area contributed by atoms with Crippen molar-refractivity contribution in [2.75, 3.05) is 32.7 Å². The first-order valence-corrected chi connectivity index (χ1v) is 7.53. The third kappa shape index (κ3) is 2.66. The van der Waals surface area contributed by atoms with Crippen molar-refractivity contribution in [2.45, 2.75) is 25.9 Å². The first-order chi connectivity index (χ1) is 9.78. The van der Waals surface area contributed by atoms with Gasteiger partial charge >= 0.3 is 0 Å². The van der Waals surface area contributed by atoms with E-state index < -0.39 is 0 Å². The maximum Gasteiger partial charge on any atom is 0.264 e. The molecule has 3 rings (SSSR count). The lowest BCUT2D eigenvalue weighted by Crippen LogP contribution is -2.43. The largest absolute Gasteiger partial charge is 0.480 e. The number of carbonyl (C=O) groups is 1. The van der Waals surface area contributed by atoms with Crippen LogP contribution in [0.15, 0.2) is 24.3 Å². The number of carbonyl (C=O) groups excluding carboxylic acids is 1. The molecule has 1 aromatic carbocycles. The molecule has 1 unspecified atom stereocenters. The summed E-state index contributed by atoms with van der Waals surface area (Å²) in [4.78, 5) is 17.0. The van der Waals surface area contributed by atoms with Crippen LogP contribution < -0.4 is 4.74 Å². The van der Waals surface area contributed by atoms with Gasteiger partial charge in [0.2, 0.25) is 0 Å². The first-order valence-electron chi connectivity index (χ1n) is 7.53. The molecule has 1 atom stereocenters. The molecule has 4 heteroatoms. The van der Waals surface area contributed by atoms with Crippen LogP contribution in [-0.4, -0.2) is 54.5 Å². The van der Waals surface area contributed by atoms with E-state index in [0.29, 0.717) is 6.42 Å². The molecule has 1 fully saturated rings. The van der Waals surface area contributed by atoms with E-state index in [1.54, 1.807) is 0 Å². The van der Waals surface area contributed by atoms with E-state index in [9.17, 15) is 4.79 Å². The van der Waals surface area contributed by atoms with Crippen LogP contribution in [0.4, 0.5) is 0 Å². The minimum Gasteiger partial charge on any atom is -0.480 e. The Bertz CT molecular complexity index is 464. The second kappa shape index (κ2) is 5.83. The van der Waals surface area contributed by atoms with Gasteiger partial charge in [0.25, 0.3) is 5.91 Å². The molecule has 1 amide bonds. The highest BCUT2D eigenvalue weighted by Crippen LogP contribution is 2.29. The number of hydrogen-bond acceptors (Lipinski definition) is 3. The van der Waals surface area contributed by atoms with Crippen molar-refractivity contribution in [3.63, 3.8) is 0 Å². The normalized spacial score (nSPS) is 23.1. The molecular weight excluding hydrogens is 252 g/mol. The van der Waals surface area contributed by atoms with Gasteiger partial charge in [-0.15, -0.1) is 0 Å². The van der Waals surface area contributed by atoms with Crippen LogP contribution in [0.3, 0.4) is 0 Å². The van der Waals surface area contributed by atoms with E-state index in [4.69, 9.17) is 4.74 Å². The molecule has 1 aromatic rings. The van der Waals surface area contributed by atoms with E-state index in [1.165, 1.54) is 0 Å². The molecule has 2 heterocycles. The minimum atomic E-state index is -0.319. The monoisotopic (exact) mass is 274 g/mol. The van der Waals surface area contributed by atoms with Gasteiger partial charge in [0.05, 0.1) is 0 Å². The van der Waals surface area contributed by atoms with Crippen LogP contribution in [0.25, 0.3) is 0 Å². The van der Waals surface area contributed by atoms with E-state index in [0.717, 1.165) is 50.5 Å². The van der Waals surface area contributed by atoms with Crippen molar-refractivity contribution in [1.29, 1.82) is 0 Å². The van der Waals surface area contributed by atoms with Crippen molar-refractivity contribution in [2.24, 2.45) is 0 Å². The molecule has 4 nitrogen and oxygen atoms in total. The van der Waals surface area contributed by atoms with Crippen LogP contribution in [0.1, 0.15) is 18.9 Å². The van der Waals surface area contributed by atoms with Gasteiger partial charge in [-0.25, -0.2) is 0 Å². The average molecular weight is 274 g/mol. The molecule has 108 valence electrons. The second-order valence-corrected chi connectivity index (χ2v) is 5.53. The van der Waals surface area contributed by atoms with Crippen molar-refractivity contribution in [3.05, 3.63) is 29.8 Å². The summed E-state index contributed by atoms with van der Waals surface area (Å²) in [5, 5.41) is 0. The fourth-order valence-electron chi connectivity index (χ4n) is 3.03. The van der Waals surface area contributed by atoms with Gasteiger partial charge in [0.15, 0.2) is 6.10 Å². The Labute approximate surface area is 120 Å². The highest BCUT2D eigenvalue weighted by Gasteiger charge is 2.32. The molecule has 0 bridgehead atoms. The Morgan fingerprint density at radius 3 is 2.90 bits per heavy atom. The molecule has 0 radical (unpaired) electrons. The van der Waals surface area contributed by atoms with E-state index >= 15 is 0 Å².